The zero-order chi connectivity index (χ0) is 24.7. The largest absolute Gasteiger partial charge is 0.416 e. The Morgan fingerprint density at radius 1 is 0.857 bits per heavy atom. The molecule has 2 aromatic rings. The second-order valence-electron chi connectivity index (χ2n) is 9.46. The van der Waals surface area contributed by atoms with Crippen LogP contribution in [-0.4, -0.2) is 61.0 Å². The van der Waals surface area contributed by atoms with Crippen molar-refractivity contribution in [2.24, 2.45) is 0 Å². The van der Waals surface area contributed by atoms with Gasteiger partial charge in [0.05, 0.1) is 5.56 Å². The molecule has 2 saturated heterocycles. The third-order valence-corrected chi connectivity index (χ3v) is 7.07. The number of nitrogens with zero attached hydrogens (tertiary/aromatic N) is 2. The van der Waals surface area contributed by atoms with E-state index < -0.39 is 11.7 Å². The van der Waals surface area contributed by atoms with E-state index in [1.54, 1.807) is 24.3 Å². The second kappa shape index (κ2) is 11.9. The van der Waals surface area contributed by atoms with Crippen molar-refractivity contribution >= 4 is 5.91 Å². The Labute approximate surface area is 205 Å². The number of rotatable bonds is 7. The average molecular weight is 486 g/mol. The van der Waals surface area contributed by atoms with Crippen molar-refractivity contribution in [3.8, 4) is 11.1 Å². The Balaban J connectivity index is 1.17. The molecule has 1 N–H and O–H groups in total. The molecule has 0 spiro atoms. The van der Waals surface area contributed by atoms with Gasteiger partial charge in [0.25, 0.3) is 5.91 Å². The summed E-state index contributed by atoms with van der Waals surface area (Å²) >= 11 is 0. The van der Waals surface area contributed by atoms with Gasteiger partial charge in [0.15, 0.2) is 0 Å². The lowest BCUT2D eigenvalue weighted by Crippen LogP contribution is -2.46. The Morgan fingerprint density at radius 3 is 2.06 bits per heavy atom. The highest BCUT2D eigenvalue weighted by molar-refractivity contribution is 5.94. The minimum absolute atomic E-state index is 0.170. The van der Waals surface area contributed by atoms with Crippen LogP contribution in [0.3, 0.4) is 0 Å². The summed E-state index contributed by atoms with van der Waals surface area (Å²) in [6.45, 7) is 6.16. The van der Waals surface area contributed by atoms with Crippen molar-refractivity contribution in [3.05, 3.63) is 71.8 Å². The summed E-state index contributed by atoms with van der Waals surface area (Å²) in [5, 5.41) is 2.89. The lowest BCUT2D eigenvalue weighted by atomic mass is 10.00. The monoisotopic (exact) mass is 485 g/mol. The van der Waals surface area contributed by atoms with E-state index in [0.717, 1.165) is 43.4 Å². The molecule has 0 radical (unpaired) electrons. The van der Waals surface area contributed by atoms with Crippen LogP contribution < -0.4 is 5.32 Å². The topological polar surface area (TPSA) is 35.6 Å². The van der Waals surface area contributed by atoms with Crippen LogP contribution in [0.15, 0.2) is 60.7 Å². The van der Waals surface area contributed by atoms with E-state index >= 15 is 0 Å². The maximum absolute atomic E-state index is 12.7. The Bertz CT molecular complexity index is 972. The van der Waals surface area contributed by atoms with Crippen molar-refractivity contribution in [2.45, 2.75) is 44.3 Å². The van der Waals surface area contributed by atoms with Gasteiger partial charge in [-0.05, 0) is 87.3 Å². The maximum Gasteiger partial charge on any atom is 0.416 e. The lowest BCUT2D eigenvalue weighted by Gasteiger charge is -2.40. The standard InChI is InChI=1S/C28H34F3N3O/c29-28(30,31)25-12-10-23(11-13-25)22-6-8-24(9-7-22)27(35)32-16-2-5-17-33-20-14-26(15-21-33)34-18-3-1-4-19-34/h2,5-13,26H,1,3-4,14-21H2,(H,32,35)/b5-2+. The normalized spacial score (nSPS) is 18.7. The fourth-order valence-electron chi connectivity index (χ4n) is 4.98. The van der Waals surface area contributed by atoms with Crippen LogP contribution in [0.4, 0.5) is 13.2 Å². The first-order chi connectivity index (χ1) is 16.9. The van der Waals surface area contributed by atoms with E-state index in [4.69, 9.17) is 0 Å². The van der Waals surface area contributed by atoms with Crippen LogP contribution >= 0.6 is 0 Å². The molecule has 0 aliphatic carbocycles. The quantitative estimate of drug-likeness (QED) is 0.518. The van der Waals surface area contributed by atoms with E-state index in [2.05, 4.69) is 21.2 Å². The van der Waals surface area contributed by atoms with Gasteiger partial charge in [0.2, 0.25) is 0 Å². The first-order valence-corrected chi connectivity index (χ1v) is 12.6. The number of piperidine rings is 2. The molecule has 0 unspecified atom stereocenters. The number of hydrogen-bond acceptors (Lipinski definition) is 3. The molecule has 2 aromatic carbocycles. The summed E-state index contributed by atoms with van der Waals surface area (Å²) in [5.74, 6) is -0.170. The molecule has 1 amide bonds. The molecule has 0 saturated carbocycles. The van der Waals surface area contributed by atoms with Crippen LogP contribution in [0.2, 0.25) is 0 Å². The SMILES string of the molecule is O=C(NC/C=C/CN1CCC(N2CCCCC2)CC1)c1ccc(-c2ccc(C(F)(F)F)cc2)cc1. The third kappa shape index (κ3) is 7.18. The summed E-state index contributed by atoms with van der Waals surface area (Å²) in [4.78, 5) is 17.6. The smallest absolute Gasteiger partial charge is 0.349 e. The first-order valence-electron chi connectivity index (χ1n) is 12.6. The van der Waals surface area contributed by atoms with E-state index in [-0.39, 0.29) is 5.91 Å². The van der Waals surface area contributed by atoms with Crippen molar-refractivity contribution in [2.75, 3.05) is 39.3 Å². The van der Waals surface area contributed by atoms with Gasteiger partial charge in [-0.25, -0.2) is 0 Å². The first kappa shape index (κ1) is 25.5. The highest BCUT2D eigenvalue weighted by Gasteiger charge is 2.30. The Hall–Kier alpha value is -2.64. The van der Waals surface area contributed by atoms with Gasteiger partial charge in [-0.3, -0.25) is 9.69 Å². The zero-order valence-corrected chi connectivity index (χ0v) is 20.1. The number of amides is 1. The zero-order valence-electron chi connectivity index (χ0n) is 20.1. The highest BCUT2D eigenvalue weighted by Crippen LogP contribution is 2.31. The molecule has 2 heterocycles. The third-order valence-electron chi connectivity index (χ3n) is 7.07. The summed E-state index contributed by atoms with van der Waals surface area (Å²) < 4.78 is 38.2. The number of halogens is 3. The molecule has 0 atom stereocenters. The molecule has 2 aliphatic rings. The van der Waals surface area contributed by atoms with Gasteiger partial charge < -0.3 is 10.2 Å². The van der Waals surface area contributed by atoms with Gasteiger partial charge in [-0.15, -0.1) is 0 Å². The average Bonchev–Trinajstić information content (AvgIpc) is 2.89. The number of hydrogen-bond donors (Lipinski definition) is 1. The second-order valence-corrected chi connectivity index (χ2v) is 9.46. The predicted molar refractivity (Wildman–Crippen MR) is 133 cm³/mol. The lowest BCUT2D eigenvalue weighted by molar-refractivity contribution is -0.137. The molecular weight excluding hydrogens is 451 g/mol. The van der Waals surface area contributed by atoms with Gasteiger partial charge in [-0.2, -0.15) is 13.2 Å². The van der Waals surface area contributed by atoms with Gasteiger partial charge >= 0.3 is 6.18 Å². The molecule has 0 bridgehead atoms. The van der Waals surface area contributed by atoms with Gasteiger partial charge in [-0.1, -0.05) is 42.8 Å². The molecule has 7 heteroatoms. The van der Waals surface area contributed by atoms with Crippen LogP contribution in [0, 0.1) is 0 Å². The van der Waals surface area contributed by atoms with Crippen molar-refractivity contribution in [1.29, 1.82) is 0 Å². The maximum atomic E-state index is 12.7. The number of alkyl halides is 3. The van der Waals surface area contributed by atoms with Crippen LogP contribution in [0.5, 0.6) is 0 Å². The fourth-order valence-corrected chi connectivity index (χ4v) is 4.98. The van der Waals surface area contributed by atoms with Crippen molar-refractivity contribution in [1.82, 2.24) is 15.1 Å². The molecule has 4 nitrogen and oxygen atoms in total. The molecule has 188 valence electrons. The number of carbonyl (C=O) groups excluding carboxylic acids is 1. The summed E-state index contributed by atoms with van der Waals surface area (Å²) in [6.07, 6.45) is 6.32. The van der Waals surface area contributed by atoms with Crippen LogP contribution in [0.1, 0.15) is 48.0 Å². The summed E-state index contributed by atoms with van der Waals surface area (Å²) in [6, 6.07) is 12.7. The number of nitrogens with one attached hydrogen (secondary N) is 1. The fraction of sp³-hybridized carbons (Fsp3) is 0.464. The Morgan fingerprint density at radius 2 is 1.46 bits per heavy atom. The molecule has 35 heavy (non-hydrogen) atoms. The Kier molecular flexibility index (Phi) is 8.63. The highest BCUT2D eigenvalue weighted by atomic mass is 19.4. The van der Waals surface area contributed by atoms with E-state index in [9.17, 15) is 18.0 Å². The summed E-state index contributed by atoms with van der Waals surface area (Å²) in [5.41, 5.74) is 1.29. The molecule has 4 rings (SSSR count). The van der Waals surface area contributed by atoms with Crippen molar-refractivity contribution < 1.29 is 18.0 Å². The van der Waals surface area contributed by atoms with E-state index in [1.165, 1.54) is 57.3 Å². The number of carbonyl (C=O) groups is 1. The van der Waals surface area contributed by atoms with Crippen LogP contribution in [-0.2, 0) is 6.18 Å². The predicted octanol–water partition coefficient (Wildman–Crippen LogP) is 5.61. The molecule has 2 fully saturated rings. The van der Waals surface area contributed by atoms with Gasteiger partial charge in [0.1, 0.15) is 0 Å². The van der Waals surface area contributed by atoms with E-state index in [1.807, 2.05) is 6.08 Å². The van der Waals surface area contributed by atoms with Crippen LogP contribution in [0.25, 0.3) is 11.1 Å². The molecule has 2 aliphatic heterocycles. The molecular formula is C28H34F3N3O. The van der Waals surface area contributed by atoms with E-state index in [0.29, 0.717) is 17.7 Å². The number of likely N-dealkylation sites (tertiary alicyclic amines) is 2. The number of benzene rings is 2. The minimum Gasteiger partial charge on any atom is -0.349 e. The minimum atomic E-state index is -4.35. The van der Waals surface area contributed by atoms with Gasteiger partial charge in [0, 0.05) is 24.7 Å². The molecule has 0 aromatic heterocycles. The van der Waals surface area contributed by atoms with Crippen molar-refractivity contribution in [3.63, 3.8) is 0 Å². The summed E-state index contributed by atoms with van der Waals surface area (Å²) in [7, 11) is 0.